The summed E-state index contributed by atoms with van der Waals surface area (Å²) in [6.07, 6.45) is 4.70. The van der Waals surface area contributed by atoms with Crippen molar-refractivity contribution in [2.75, 3.05) is 19.8 Å². The molecule has 0 radical (unpaired) electrons. The average molecular weight is 274 g/mol. The number of hydrogen-bond donors (Lipinski definition) is 1. The molecule has 1 spiro atoms. The molecule has 1 aliphatic carbocycles. The molecule has 0 bridgehead atoms. The molecule has 0 saturated carbocycles. The lowest BCUT2D eigenvalue weighted by Gasteiger charge is -2.43. The summed E-state index contributed by atoms with van der Waals surface area (Å²) in [5.41, 5.74) is 1.69. The Labute approximate surface area is 119 Å². The number of benzene rings is 1. The second-order valence-corrected chi connectivity index (χ2v) is 6.61. The van der Waals surface area contributed by atoms with Crippen LogP contribution >= 0.6 is 0 Å². The molecule has 3 unspecified atom stereocenters. The van der Waals surface area contributed by atoms with Crippen LogP contribution in [-0.4, -0.2) is 30.5 Å². The van der Waals surface area contributed by atoms with E-state index in [0.29, 0.717) is 12.5 Å². The third-order valence-corrected chi connectivity index (χ3v) is 5.49. The second kappa shape index (κ2) is 4.55. The zero-order chi connectivity index (χ0) is 13.6. The van der Waals surface area contributed by atoms with E-state index < -0.39 is 5.60 Å². The van der Waals surface area contributed by atoms with Gasteiger partial charge in [0.15, 0.2) is 0 Å². The van der Waals surface area contributed by atoms with Gasteiger partial charge in [0.2, 0.25) is 0 Å². The van der Waals surface area contributed by atoms with Crippen LogP contribution < -0.4 is 0 Å². The standard InChI is InChI=1S/C17H22O3/c18-17(7-5-13-3-1-2-4-15(13)17)14-6-9-20-16(11-14)8-10-19-12-16/h1-4,14,18H,5-12H2. The van der Waals surface area contributed by atoms with Crippen molar-refractivity contribution < 1.29 is 14.6 Å². The van der Waals surface area contributed by atoms with Gasteiger partial charge in [-0.25, -0.2) is 0 Å². The van der Waals surface area contributed by atoms with E-state index in [2.05, 4.69) is 18.2 Å². The fraction of sp³-hybridized carbons (Fsp3) is 0.647. The van der Waals surface area contributed by atoms with Gasteiger partial charge in [0.05, 0.1) is 17.8 Å². The number of rotatable bonds is 1. The van der Waals surface area contributed by atoms with Crippen LogP contribution in [0.15, 0.2) is 24.3 Å². The van der Waals surface area contributed by atoms with Crippen LogP contribution in [0.2, 0.25) is 0 Å². The molecule has 3 nitrogen and oxygen atoms in total. The fourth-order valence-electron chi connectivity index (χ4n) is 4.34. The van der Waals surface area contributed by atoms with Crippen LogP contribution in [0.1, 0.15) is 36.8 Å². The third kappa shape index (κ3) is 1.84. The number of ether oxygens (including phenoxy) is 2. The molecule has 0 aromatic heterocycles. The number of fused-ring (bicyclic) bond motifs is 1. The molecule has 2 fully saturated rings. The second-order valence-electron chi connectivity index (χ2n) is 6.61. The first-order valence-corrected chi connectivity index (χ1v) is 7.74. The van der Waals surface area contributed by atoms with E-state index in [1.54, 1.807) is 0 Å². The summed E-state index contributed by atoms with van der Waals surface area (Å²) in [6, 6.07) is 8.38. The van der Waals surface area contributed by atoms with E-state index in [9.17, 15) is 5.11 Å². The van der Waals surface area contributed by atoms with Crippen LogP contribution in [0, 0.1) is 5.92 Å². The molecular formula is C17H22O3. The molecule has 0 amide bonds. The summed E-state index contributed by atoms with van der Waals surface area (Å²) in [6.45, 7) is 2.24. The van der Waals surface area contributed by atoms with Crippen LogP contribution in [0.4, 0.5) is 0 Å². The summed E-state index contributed by atoms with van der Waals surface area (Å²) in [5, 5.41) is 11.3. The fourth-order valence-corrected chi connectivity index (χ4v) is 4.34. The Hall–Kier alpha value is -0.900. The molecule has 3 aliphatic rings. The van der Waals surface area contributed by atoms with Gasteiger partial charge >= 0.3 is 0 Å². The lowest BCUT2D eigenvalue weighted by Crippen LogP contribution is -2.47. The van der Waals surface area contributed by atoms with Gasteiger partial charge in [0, 0.05) is 19.6 Å². The normalized spacial score (nSPS) is 40.1. The SMILES string of the molecule is OC1(C2CCOC3(CCOC3)C2)CCc2ccccc21. The molecule has 4 rings (SSSR count). The minimum absolute atomic E-state index is 0.129. The highest BCUT2D eigenvalue weighted by Gasteiger charge is 2.50. The largest absolute Gasteiger partial charge is 0.385 e. The molecule has 2 aliphatic heterocycles. The first-order chi connectivity index (χ1) is 9.72. The van der Waals surface area contributed by atoms with E-state index in [-0.39, 0.29) is 5.60 Å². The topological polar surface area (TPSA) is 38.7 Å². The Bertz CT molecular complexity index is 507. The maximum Gasteiger partial charge on any atom is 0.0940 e. The minimum atomic E-state index is -0.657. The number of aliphatic hydroxyl groups is 1. The van der Waals surface area contributed by atoms with Crippen molar-refractivity contribution >= 4 is 0 Å². The Kier molecular flexibility index (Phi) is 2.92. The van der Waals surface area contributed by atoms with Crippen molar-refractivity contribution in [2.45, 2.75) is 43.3 Å². The highest BCUT2D eigenvalue weighted by Crippen LogP contribution is 2.49. The van der Waals surface area contributed by atoms with Gasteiger partial charge in [0.25, 0.3) is 0 Å². The van der Waals surface area contributed by atoms with Crippen molar-refractivity contribution in [3.05, 3.63) is 35.4 Å². The van der Waals surface area contributed by atoms with Gasteiger partial charge < -0.3 is 14.6 Å². The number of aryl methyl sites for hydroxylation is 1. The predicted octanol–water partition coefficient (Wildman–Crippen LogP) is 2.41. The Morgan fingerprint density at radius 2 is 2.05 bits per heavy atom. The van der Waals surface area contributed by atoms with Crippen LogP contribution in [0.25, 0.3) is 0 Å². The summed E-state index contributed by atoms with van der Waals surface area (Å²) in [4.78, 5) is 0. The molecule has 1 N–H and O–H groups in total. The summed E-state index contributed by atoms with van der Waals surface area (Å²) in [7, 11) is 0. The van der Waals surface area contributed by atoms with Gasteiger partial charge in [-0.3, -0.25) is 0 Å². The molecule has 108 valence electrons. The number of hydrogen-bond acceptors (Lipinski definition) is 3. The van der Waals surface area contributed by atoms with E-state index in [4.69, 9.17) is 9.47 Å². The molecule has 1 aromatic carbocycles. The van der Waals surface area contributed by atoms with Crippen molar-refractivity contribution in [3.8, 4) is 0 Å². The maximum atomic E-state index is 11.3. The van der Waals surface area contributed by atoms with Crippen LogP contribution in [0.5, 0.6) is 0 Å². The molecule has 2 heterocycles. The van der Waals surface area contributed by atoms with Crippen molar-refractivity contribution in [3.63, 3.8) is 0 Å². The lowest BCUT2D eigenvalue weighted by molar-refractivity contribution is -0.145. The van der Waals surface area contributed by atoms with Crippen molar-refractivity contribution in [1.82, 2.24) is 0 Å². The van der Waals surface area contributed by atoms with E-state index >= 15 is 0 Å². The Balaban J connectivity index is 1.64. The summed E-state index contributed by atoms with van der Waals surface area (Å²) < 4.78 is 11.6. The first-order valence-electron chi connectivity index (χ1n) is 7.74. The highest BCUT2D eigenvalue weighted by atomic mass is 16.6. The summed E-state index contributed by atoms with van der Waals surface area (Å²) in [5.74, 6) is 0.293. The van der Waals surface area contributed by atoms with Gasteiger partial charge in [0.1, 0.15) is 0 Å². The van der Waals surface area contributed by atoms with Crippen molar-refractivity contribution in [2.24, 2.45) is 5.92 Å². The maximum absolute atomic E-state index is 11.3. The van der Waals surface area contributed by atoms with Crippen molar-refractivity contribution in [1.29, 1.82) is 0 Å². The lowest BCUT2D eigenvalue weighted by atomic mass is 9.73. The molecular weight excluding hydrogens is 252 g/mol. The monoisotopic (exact) mass is 274 g/mol. The molecule has 3 heteroatoms. The van der Waals surface area contributed by atoms with Gasteiger partial charge in [-0.05, 0) is 42.7 Å². The molecule has 2 saturated heterocycles. The van der Waals surface area contributed by atoms with E-state index in [1.165, 1.54) is 5.56 Å². The highest BCUT2D eigenvalue weighted by molar-refractivity contribution is 5.38. The summed E-state index contributed by atoms with van der Waals surface area (Å²) >= 11 is 0. The smallest absolute Gasteiger partial charge is 0.0940 e. The minimum Gasteiger partial charge on any atom is -0.385 e. The van der Waals surface area contributed by atoms with Gasteiger partial charge in [-0.2, -0.15) is 0 Å². The Morgan fingerprint density at radius 3 is 2.90 bits per heavy atom. The Morgan fingerprint density at radius 1 is 1.15 bits per heavy atom. The van der Waals surface area contributed by atoms with E-state index in [1.807, 2.05) is 6.07 Å². The first kappa shape index (κ1) is 12.8. The van der Waals surface area contributed by atoms with Crippen LogP contribution in [-0.2, 0) is 21.5 Å². The third-order valence-electron chi connectivity index (χ3n) is 5.49. The molecule has 20 heavy (non-hydrogen) atoms. The zero-order valence-electron chi connectivity index (χ0n) is 11.8. The van der Waals surface area contributed by atoms with Gasteiger partial charge in [-0.15, -0.1) is 0 Å². The zero-order valence-corrected chi connectivity index (χ0v) is 11.8. The van der Waals surface area contributed by atoms with E-state index in [0.717, 1.165) is 50.9 Å². The molecule has 3 atom stereocenters. The molecule has 1 aromatic rings. The predicted molar refractivity (Wildman–Crippen MR) is 75.5 cm³/mol. The quantitative estimate of drug-likeness (QED) is 0.854. The van der Waals surface area contributed by atoms with Crippen LogP contribution in [0.3, 0.4) is 0 Å². The van der Waals surface area contributed by atoms with Gasteiger partial charge in [-0.1, -0.05) is 24.3 Å². The average Bonchev–Trinajstić information content (AvgIpc) is 3.06.